The van der Waals surface area contributed by atoms with Crippen molar-refractivity contribution in [1.82, 2.24) is 4.90 Å². The van der Waals surface area contributed by atoms with Crippen LogP contribution in [0.25, 0.3) is 0 Å². The fraction of sp³-hybridized carbons (Fsp3) is 0.0909. The molecule has 1 aliphatic rings. The molecule has 35 heavy (non-hydrogen) atoms. The van der Waals surface area contributed by atoms with Gasteiger partial charge in [0.2, 0.25) is 0 Å². The molecule has 2 heteroatoms. The van der Waals surface area contributed by atoms with Crippen LogP contribution in [-0.2, 0) is 6.54 Å². The van der Waals surface area contributed by atoms with E-state index in [0.717, 1.165) is 6.54 Å². The van der Waals surface area contributed by atoms with Crippen molar-refractivity contribution < 1.29 is 0 Å². The number of hydrogen-bond donors (Lipinski definition) is 0. The lowest BCUT2D eigenvalue weighted by Crippen LogP contribution is -2.24. The van der Waals surface area contributed by atoms with E-state index in [1.807, 2.05) is 0 Å². The molecule has 0 aliphatic carbocycles. The highest BCUT2D eigenvalue weighted by molar-refractivity contribution is 7.79. The second-order valence-corrected chi connectivity index (χ2v) is 11.2. The Hall–Kier alpha value is -3.51. The van der Waals surface area contributed by atoms with E-state index in [-0.39, 0.29) is 0 Å². The van der Waals surface area contributed by atoms with E-state index >= 15 is 0 Å². The summed E-state index contributed by atoms with van der Waals surface area (Å²) >= 11 is 0. The standard InChI is InChI=1S/C33H28NP/c1-5-15-26(16-6-1)32-33(27-17-7-2-8-18-27)34(32)25-28-19-13-14-24-31(28)35(29-20-9-3-10-21-29)30-22-11-4-12-23-30/h1-24,32-33H,25H2/t32-,33-/m0/s1. The summed E-state index contributed by atoms with van der Waals surface area (Å²) in [7, 11) is -0.633. The van der Waals surface area contributed by atoms with Gasteiger partial charge in [-0.2, -0.15) is 0 Å². The second-order valence-electron chi connectivity index (χ2n) is 9.02. The quantitative estimate of drug-likeness (QED) is 0.188. The lowest BCUT2D eigenvalue weighted by atomic mass is 10.0. The molecule has 0 amide bonds. The van der Waals surface area contributed by atoms with E-state index in [0.29, 0.717) is 12.1 Å². The Morgan fingerprint density at radius 3 is 1.34 bits per heavy atom. The van der Waals surface area contributed by atoms with Gasteiger partial charge in [0.25, 0.3) is 0 Å². The van der Waals surface area contributed by atoms with Crippen LogP contribution in [0.4, 0.5) is 0 Å². The summed E-state index contributed by atoms with van der Waals surface area (Å²) in [5, 5.41) is 4.24. The molecule has 6 rings (SSSR count). The van der Waals surface area contributed by atoms with Gasteiger partial charge in [0, 0.05) is 6.54 Å². The Kier molecular flexibility index (Phi) is 6.28. The maximum absolute atomic E-state index is 2.65. The third-order valence-electron chi connectivity index (χ3n) is 6.82. The molecule has 1 saturated heterocycles. The molecule has 0 saturated carbocycles. The van der Waals surface area contributed by atoms with E-state index in [9.17, 15) is 0 Å². The van der Waals surface area contributed by atoms with Gasteiger partial charge in [-0.05, 0) is 40.5 Å². The van der Waals surface area contributed by atoms with Gasteiger partial charge in [-0.1, -0.05) is 146 Å². The fourth-order valence-electron chi connectivity index (χ4n) is 5.16. The molecule has 0 N–H and O–H groups in total. The topological polar surface area (TPSA) is 3.01 Å². The predicted octanol–water partition coefficient (Wildman–Crippen LogP) is 6.74. The van der Waals surface area contributed by atoms with Crippen LogP contribution in [0.5, 0.6) is 0 Å². The molecular weight excluding hydrogens is 441 g/mol. The first kappa shape index (κ1) is 22.0. The first-order valence-corrected chi connectivity index (χ1v) is 13.6. The molecule has 1 fully saturated rings. The van der Waals surface area contributed by atoms with Gasteiger partial charge in [-0.25, -0.2) is 0 Å². The van der Waals surface area contributed by atoms with Gasteiger partial charge >= 0.3 is 0 Å². The average Bonchev–Trinajstić information content (AvgIpc) is 3.65. The molecule has 1 heterocycles. The van der Waals surface area contributed by atoms with Gasteiger partial charge in [0.15, 0.2) is 0 Å². The maximum Gasteiger partial charge on any atom is 0.0556 e. The van der Waals surface area contributed by atoms with Crippen LogP contribution in [0, 0.1) is 0 Å². The third-order valence-corrected chi connectivity index (χ3v) is 9.37. The van der Waals surface area contributed by atoms with Crippen LogP contribution in [0.15, 0.2) is 146 Å². The Bertz CT molecular complexity index is 1290. The molecule has 1 aliphatic heterocycles. The minimum absolute atomic E-state index is 0.409. The molecule has 170 valence electrons. The molecular formula is C33H28NP. The van der Waals surface area contributed by atoms with Crippen LogP contribution in [0.3, 0.4) is 0 Å². The van der Waals surface area contributed by atoms with Crippen molar-refractivity contribution in [3.8, 4) is 0 Å². The van der Waals surface area contributed by atoms with E-state index in [2.05, 4.69) is 150 Å². The van der Waals surface area contributed by atoms with Gasteiger partial charge in [-0.15, -0.1) is 0 Å². The number of rotatable bonds is 7. The summed E-state index contributed by atoms with van der Waals surface area (Å²) in [5.74, 6) is 0. The minimum atomic E-state index is -0.633. The van der Waals surface area contributed by atoms with Crippen LogP contribution in [0.1, 0.15) is 28.8 Å². The first-order valence-electron chi connectivity index (χ1n) is 12.2. The van der Waals surface area contributed by atoms with Gasteiger partial charge < -0.3 is 0 Å². The van der Waals surface area contributed by atoms with Crippen molar-refractivity contribution in [2.75, 3.05) is 0 Å². The van der Waals surface area contributed by atoms with Crippen molar-refractivity contribution in [3.05, 3.63) is 162 Å². The zero-order valence-corrected chi connectivity index (χ0v) is 20.5. The van der Waals surface area contributed by atoms with Crippen molar-refractivity contribution >= 4 is 23.8 Å². The van der Waals surface area contributed by atoms with E-state index in [1.54, 1.807) is 0 Å². The highest BCUT2D eigenvalue weighted by Gasteiger charge is 2.49. The zero-order chi connectivity index (χ0) is 23.5. The van der Waals surface area contributed by atoms with Crippen LogP contribution in [-0.4, -0.2) is 4.90 Å². The van der Waals surface area contributed by atoms with Crippen molar-refractivity contribution in [2.45, 2.75) is 18.6 Å². The van der Waals surface area contributed by atoms with Crippen LogP contribution in [0.2, 0.25) is 0 Å². The van der Waals surface area contributed by atoms with Gasteiger partial charge in [-0.3, -0.25) is 4.90 Å². The number of nitrogens with zero attached hydrogens (tertiary/aromatic N) is 1. The molecule has 0 bridgehead atoms. The molecule has 0 spiro atoms. The average molecular weight is 470 g/mol. The lowest BCUT2D eigenvalue weighted by Gasteiger charge is -2.22. The van der Waals surface area contributed by atoms with Crippen molar-refractivity contribution in [2.24, 2.45) is 0 Å². The first-order chi connectivity index (χ1) is 17.4. The smallest absolute Gasteiger partial charge is 0.0556 e. The van der Waals surface area contributed by atoms with Crippen molar-refractivity contribution in [3.63, 3.8) is 0 Å². The van der Waals surface area contributed by atoms with E-state index in [4.69, 9.17) is 0 Å². The number of benzene rings is 5. The highest BCUT2D eigenvalue weighted by atomic mass is 31.1. The summed E-state index contributed by atoms with van der Waals surface area (Å²) in [4.78, 5) is 2.65. The van der Waals surface area contributed by atoms with Crippen LogP contribution >= 0.6 is 7.92 Å². The molecule has 2 atom stereocenters. The summed E-state index contributed by atoms with van der Waals surface area (Å²) in [6.45, 7) is 0.938. The van der Waals surface area contributed by atoms with E-state index < -0.39 is 7.92 Å². The SMILES string of the molecule is c1ccc([C@H]2[C@H](c3ccccc3)N2Cc2ccccc2P(c2ccccc2)c2ccccc2)cc1. The molecule has 5 aromatic carbocycles. The Morgan fingerprint density at radius 1 is 0.457 bits per heavy atom. The van der Waals surface area contributed by atoms with Crippen LogP contribution < -0.4 is 15.9 Å². The summed E-state index contributed by atoms with van der Waals surface area (Å²) in [5.41, 5.74) is 4.21. The molecule has 5 aromatic rings. The maximum atomic E-state index is 2.65. The lowest BCUT2D eigenvalue weighted by molar-refractivity contribution is 0.481. The molecule has 0 unspecified atom stereocenters. The summed E-state index contributed by atoms with van der Waals surface area (Å²) < 4.78 is 0. The monoisotopic (exact) mass is 469 g/mol. The second kappa shape index (κ2) is 10.0. The Balaban J connectivity index is 1.39. The predicted molar refractivity (Wildman–Crippen MR) is 149 cm³/mol. The molecule has 1 nitrogen and oxygen atoms in total. The normalized spacial score (nSPS) is 18.9. The number of hydrogen-bond acceptors (Lipinski definition) is 1. The van der Waals surface area contributed by atoms with E-state index in [1.165, 1.54) is 32.6 Å². The minimum Gasteiger partial charge on any atom is -0.281 e. The highest BCUT2D eigenvalue weighted by Crippen LogP contribution is 2.55. The molecule has 0 radical (unpaired) electrons. The summed E-state index contributed by atoms with van der Waals surface area (Å²) in [6.07, 6.45) is 0. The molecule has 0 aromatic heterocycles. The zero-order valence-electron chi connectivity index (χ0n) is 19.6. The largest absolute Gasteiger partial charge is 0.281 e. The Morgan fingerprint density at radius 2 is 0.857 bits per heavy atom. The van der Waals surface area contributed by atoms with Crippen molar-refractivity contribution in [1.29, 1.82) is 0 Å². The Labute approximate surface area is 209 Å². The fourth-order valence-corrected chi connectivity index (χ4v) is 7.62. The van der Waals surface area contributed by atoms with Gasteiger partial charge in [0.1, 0.15) is 0 Å². The summed E-state index contributed by atoms with van der Waals surface area (Å²) in [6, 6.07) is 53.8. The van der Waals surface area contributed by atoms with Gasteiger partial charge in [0.05, 0.1) is 12.1 Å². The third kappa shape index (κ3) is 4.58.